The second kappa shape index (κ2) is 3.96. The van der Waals surface area contributed by atoms with Crippen LogP contribution < -0.4 is 5.32 Å². The average Bonchev–Trinajstić information content (AvgIpc) is 2.75. The Labute approximate surface area is 96.2 Å². The first-order valence-corrected chi connectivity index (χ1v) is 5.80. The van der Waals surface area contributed by atoms with Gasteiger partial charge in [0.25, 0.3) is 0 Å². The second-order valence-electron chi connectivity index (χ2n) is 5.58. The molecule has 1 aromatic heterocycles. The van der Waals surface area contributed by atoms with Crippen LogP contribution in [-0.2, 0) is 4.79 Å². The molecule has 0 spiro atoms. The third-order valence-corrected chi connectivity index (χ3v) is 3.04. The van der Waals surface area contributed by atoms with Crippen molar-refractivity contribution >= 4 is 5.91 Å². The van der Waals surface area contributed by atoms with Gasteiger partial charge in [0.2, 0.25) is 5.91 Å². The van der Waals surface area contributed by atoms with Gasteiger partial charge >= 0.3 is 0 Å². The molecule has 1 aliphatic carbocycles. The summed E-state index contributed by atoms with van der Waals surface area (Å²) in [6.45, 7) is 6.55. The summed E-state index contributed by atoms with van der Waals surface area (Å²) in [5, 5.41) is 3.00. The van der Waals surface area contributed by atoms with Crippen LogP contribution in [0, 0.1) is 11.3 Å². The molecular weight excluding hydrogens is 202 g/mol. The van der Waals surface area contributed by atoms with E-state index in [1.54, 1.807) is 6.26 Å². The molecule has 0 aromatic carbocycles. The first-order chi connectivity index (χ1) is 7.48. The molecule has 0 saturated heterocycles. The lowest BCUT2D eigenvalue weighted by Gasteiger charge is -2.17. The van der Waals surface area contributed by atoms with E-state index < -0.39 is 0 Å². The lowest BCUT2D eigenvalue weighted by molar-refractivity contribution is -0.128. The van der Waals surface area contributed by atoms with E-state index in [0.717, 1.165) is 18.7 Å². The summed E-state index contributed by atoms with van der Waals surface area (Å²) in [5.41, 5.74) is -0.297. The van der Waals surface area contributed by atoms with Crippen molar-refractivity contribution in [1.29, 1.82) is 0 Å². The maximum Gasteiger partial charge on any atom is 0.225 e. The summed E-state index contributed by atoms with van der Waals surface area (Å²) in [7, 11) is 0. The highest BCUT2D eigenvalue weighted by molar-refractivity contribution is 5.81. The van der Waals surface area contributed by atoms with Crippen LogP contribution in [-0.4, -0.2) is 12.5 Å². The van der Waals surface area contributed by atoms with Crippen molar-refractivity contribution in [2.24, 2.45) is 11.3 Å². The minimum Gasteiger partial charge on any atom is -0.469 e. The van der Waals surface area contributed by atoms with E-state index in [4.69, 9.17) is 4.42 Å². The zero-order valence-electron chi connectivity index (χ0n) is 10.1. The minimum atomic E-state index is -0.297. The van der Waals surface area contributed by atoms with E-state index in [9.17, 15) is 4.79 Å². The lowest BCUT2D eigenvalue weighted by atomic mass is 9.96. The van der Waals surface area contributed by atoms with E-state index in [-0.39, 0.29) is 11.3 Å². The Kier molecular flexibility index (Phi) is 2.78. The standard InChI is InChI=1S/C13H19NO2/c1-13(2,3)12(15)14-8-9-7-10(9)11-5-4-6-16-11/h4-6,9-10H,7-8H2,1-3H3,(H,14,15). The summed E-state index contributed by atoms with van der Waals surface area (Å²) in [6.07, 6.45) is 2.83. The third-order valence-electron chi connectivity index (χ3n) is 3.04. The Morgan fingerprint density at radius 2 is 2.31 bits per heavy atom. The number of furan rings is 1. The number of nitrogens with one attached hydrogen (secondary N) is 1. The van der Waals surface area contributed by atoms with E-state index in [1.807, 2.05) is 32.9 Å². The van der Waals surface area contributed by atoms with Crippen molar-refractivity contribution in [3.05, 3.63) is 24.2 Å². The quantitative estimate of drug-likeness (QED) is 0.852. The summed E-state index contributed by atoms with van der Waals surface area (Å²) in [5.74, 6) is 2.24. The third kappa shape index (κ3) is 2.46. The average molecular weight is 221 g/mol. The zero-order valence-corrected chi connectivity index (χ0v) is 10.1. The summed E-state index contributed by atoms with van der Waals surface area (Å²) in [4.78, 5) is 11.7. The summed E-state index contributed by atoms with van der Waals surface area (Å²) >= 11 is 0. The zero-order chi connectivity index (χ0) is 11.8. The number of carbonyl (C=O) groups excluding carboxylic acids is 1. The highest BCUT2D eigenvalue weighted by Crippen LogP contribution is 2.47. The molecule has 0 bridgehead atoms. The lowest BCUT2D eigenvalue weighted by Crippen LogP contribution is -2.36. The molecule has 1 N–H and O–H groups in total. The fourth-order valence-electron chi connectivity index (χ4n) is 1.81. The van der Waals surface area contributed by atoms with Crippen molar-refractivity contribution in [2.45, 2.75) is 33.1 Å². The molecule has 0 aliphatic heterocycles. The van der Waals surface area contributed by atoms with Gasteiger partial charge in [0.1, 0.15) is 5.76 Å². The minimum absolute atomic E-state index is 0.123. The van der Waals surface area contributed by atoms with Crippen LogP contribution in [0.25, 0.3) is 0 Å². The van der Waals surface area contributed by atoms with Crippen LogP contribution in [0.2, 0.25) is 0 Å². The molecular formula is C13H19NO2. The Morgan fingerprint density at radius 3 is 2.88 bits per heavy atom. The van der Waals surface area contributed by atoms with Crippen LogP contribution in [0.1, 0.15) is 38.9 Å². The molecule has 88 valence electrons. The largest absolute Gasteiger partial charge is 0.469 e. The molecule has 1 amide bonds. The number of carbonyl (C=O) groups is 1. The molecule has 1 aliphatic rings. The monoisotopic (exact) mass is 221 g/mol. The summed E-state index contributed by atoms with van der Waals surface area (Å²) in [6, 6.07) is 3.93. The number of hydrogen-bond acceptors (Lipinski definition) is 2. The van der Waals surface area contributed by atoms with Crippen molar-refractivity contribution in [3.8, 4) is 0 Å². The molecule has 1 fully saturated rings. The first kappa shape index (κ1) is 11.2. The van der Waals surface area contributed by atoms with Crippen LogP contribution in [0.5, 0.6) is 0 Å². The van der Waals surface area contributed by atoms with Gasteiger partial charge in [-0.25, -0.2) is 0 Å². The van der Waals surface area contributed by atoms with E-state index in [1.165, 1.54) is 0 Å². The van der Waals surface area contributed by atoms with Gasteiger partial charge in [0.15, 0.2) is 0 Å². The molecule has 3 heteroatoms. The Bertz CT molecular complexity index is 362. The van der Waals surface area contributed by atoms with Crippen LogP contribution in [0.4, 0.5) is 0 Å². The van der Waals surface area contributed by atoms with Crippen molar-refractivity contribution in [1.82, 2.24) is 5.32 Å². The highest BCUT2D eigenvalue weighted by Gasteiger charge is 2.40. The SMILES string of the molecule is CC(C)(C)C(=O)NCC1CC1c1ccco1. The molecule has 2 rings (SSSR count). The number of hydrogen-bond donors (Lipinski definition) is 1. The molecule has 1 saturated carbocycles. The first-order valence-electron chi connectivity index (χ1n) is 5.80. The summed E-state index contributed by atoms with van der Waals surface area (Å²) < 4.78 is 5.35. The molecule has 16 heavy (non-hydrogen) atoms. The van der Waals surface area contributed by atoms with Gasteiger partial charge in [-0.1, -0.05) is 20.8 Å². The Morgan fingerprint density at radius 1 is 1.56 bits per heavy atom. The topological polar surface area (TPSA) is 42.2 Å². The van der Waals surface area contributed by atoms with Gasteiger partial charge in [-0.2, -0.15) is 0 Å². The maximum absolute atomic E-state index is 11.7. The van der Waals surface area contributed by atoms with E-state index in [0.29, 0.717) is 11.8 Å². The normalized spacial score (nSPS) is 24.2. The molecule has 2 unspecified atom stereocenters. The molecule has 1 heterocycles. The molecule has 1 aromatic rings. The van der Waals surface area contributed by atoms with E-state index >= 15 is 0 Å². The number of rotatable bonds is 3. The van der Waals surface area contributed by atoms with Gasteiger partial charge in [0, 0.05) is 17.9 Å². The van der Waals surface area contributed by atoms with Crippen LogP contribution in [0.15, 0.2) is 22.8 Å². The predicted octanol–water partition coefficient (Wildman–Crippen LogP) is 2.55. The second-order valence-corrected chi connectivity index (χ2v) is 5.58. The Hall–Kier alpha value is -1.25. The van der Waals surface area contributed by atoms with Crippen LogP contribution >= 0.6 is 0 Å². The van der Waals surface area contributed by atoms with Gasteiger partial charge < -0.3 is 9.73 Å². The Balaban J connectivity index is 1.76. The molecule has 0 radical (unpaired) electrons. The highest BCUT2D eigenvalue weighted by atomic mass is 16.3. The molecule has 2 atom stereocenters. The van der Waals surface area contributed by atoms with Gasteiger partial charge in [-0.3, -0.25) is 4.79 Å². The predicted molar refractivity (Wildman–Crippen MR) is 62.0 cm³/mol. The fraction of sp³-hybridized carbons (Fsp3) is 0.615. The number of amides is 1. The fourth-order valence-corrected chi connectivity index (χ4v) is 1.81. The van der Waals surface area contributed by atoms with E-state index in [2.05, 4.69) is 5.32 Å². The molecule has 3 nitrogen and oxygen atoms in total. The van der Waals surface area contributed by atoms with Gasteiger partial charge in [-0.05, 0) is 24.5 Å². The van der Waals surface area contributed by atoms with Crippen molar-refractivity contribution in [2.75, 3.05) is 6.54 Å². The van der Waals surface area contributed by atoms with Crippen LogP contribution in [0.3, 0.4) is 0 Å². The van der Waals surface area contributed by atoms with Gasteiger partial charge in [0.05, 0.1) is 6.26 Å². The maximum atomic E-state index is 11.7. The van der Waals surface area contributed by atoms with Gasteiger partial charge in [-0.15, -0.1) is 0 Å². The smallest absolute Gasteiger partial charge is 0.225 e. The van der Waals surface area contributed by atoms with Crippen molar-refractivity contribution < 1.29 is 9.21 Å². The van der Waals surface area contributed by atoms with Crippen molar-refractivity contribution in [3.63, 3.8) is 0 Å².